The van der Waals surface area contributed by atoms with Crippen LogP contribution in [0.3, 0.4) is 0 Å². The minimum absolute atomic E-state index is 0.368. The Labute approximate surface area is 311 Å². The molecule has 5 N–H and O–H groups in total. The number of hydrogen-bond donors (Lipinski definition) is 5. The van der Waals surface area contributed by atoms with E-state index >= 15 is 0 Å². The first-order valence-corrected chi connectivity index (χ1v) is 22.1. The zero-order valence-electron chi connectivity index (χ0n) is 33.4. The largest absolute Gasteiger partial charge is 0.394 e. The summed E-state index contributed by atoms with van der Waals surface area (Å²) in [6.07, 6.45) is 42.8. The number of allylic oxidation sites excluding steroid dienone is 2. The van der Waals surface area contributed by atoms with Crippen LogP contribution in [-0.2, 0) is 4.79 Å². The lowest BCUT2D eigenvalue weighted by Crippen LogP contribution is -2.53. The van der Waals surface area contributed by atoms with Gasteiger partial charge in [-0.25, -0.2) is 0 Å². The van der Waals surface area contributed by atoms with Crippen molar-refractivity contribution in [3.8, 4) is 0 Å². The van der Waals surface area contributed by atoms with E-state index in [1.165, 1.54) is 167 Å². The summed E-state index contributed by atoms with van der Waals surface area (Å²) < 4.78 is 0. The van der Waals surface area contributed by atoms with Gasteiger partial charge in [0, 0.05) is 0 Å². The number of nitrogens with one attached hydrogen (secondary N) is 1. The van der Waals surface area contributed by atoms with E-state index < -0.39 is 36.9 Å². The van der Waals surface area contributed by atoms with Gasteiger partial charge in [0.1, 0.15) is 12.2 Å². The first-order valence-electron chi connectivity index (χ1n) is 22.1. The molecule has 0 heterocycles. The third-order valence-electron chi connectivity index (χ3n) is 10.5. The quantitative estimate of drug-likeness (QED) is 0.0321. The van der Waals surface area contributed by atoms with E-state index in [1.807, 2.05) is 0 Å². The van der Waals surface area contributed by atoms with Crippen LogP contribution in [0.2, 0.25) is 0 Å². The average molecular weight is 710 g/mol. The van der Waals surface area contributed by atoms with Gasteiger partial charge in [0.2, 0.25) is 5.91 Å². The minimum atomic E-state index is -1.27. The van der Waals surface area contributed by atoms with Crippen LogP contribution < -0.4 is 5.32 Å². The average Bonchev–Trinajstić information content (AvgIpc) is 3.12. The van der Waals surface area contributed by atoms with Crippen molar-refractivity contribution in [2.75, 3.05) is 6.61 Å². The molecule has 0 spiro atoms. The van der Waals surface area contributed by atoms with Crippen molar-refractivity contribution in [1.29, 1.82) is 0 Å². The molecule has 0 bridgehead atoms. The SMILES string of the molecule is CCCCC/C=C/CCCC(O)C(O)C(CO)NC(=O)C(O)CCCCCCCCCCCCCCCCCCCCCCCCCCCC. The van der Waals surface area contributed by atoms with Crippen molar-refractivity contribution < 1.29 is 25.2 Å². The summed E-state index contributed by atoms with van der Waals surface area (Å²) in [6.45, 7) is 3.98. The van der Waals surface area contributed by atoms with Gasteiger partial charge in [-0.15, -0.1) is 0 Å². The first kappa shape index (κ1) is 49.0. The van der Waals surface area contributed by atoms with E-state index in [0.717, 1.165) is 38.5 Å². The van der Waals surface area contributed by atoms with E-state index in [-0.39, 0.29) is 0 Å². The summed E-state index contributed by atoms with van der Waals surface area (Å²) in [5.74, 6) is -0.593. The summed E-state index contributed by atoms with van der Waals surface area (Å²) in [5, 5.41) is 43.3. The number of unbranched alkanes of at least 4 members (excludes halogenated alkanes) is 29. The second kappa shape index (κ2) is 39.3. The van der Waals surface area contributed by atoms with Crippen molar-refractivity contribution in [1.82, 2.24) is 5.32 Å². The Hall–Kier alpha value is -0.950. The highest BCUT2D eigenvalue weighted by molar-refractivity contribution is 5.80. The van der Waals surface area contributed by atoms with Crippen molar-refractivity contribution in [2.24, 2.45) is 0 Å². The molecule has 0 saturated heterocycles. The molecule has 0 fully saturated rings. The highest BCUT2D eigenvalue weighted by atomic mass is 16.3. The van der Waals surface area contributed by atoms with E-state index in [2.05, 4.69) is 31.3 Å². The Bertz CT molecular complexity index is 717. The summed E-state index contributed by atoms with van der Waals surface area (Å²) in [5.41, 5.74) is 0. The molecule has 4 unspecified atom stereocenters. The van der Waals surface area contributed by atoms with Gasteiger partial charge in [0.15, 0.2) is 0 Å². The van der Waals surface area contributed by atoms with Crippen LogP contribution in [-0.4, -0.2) is 57.3 Å². The molecule has 6 heteroatoms. The molecule has 0 aliphatic carbocycles. The number of amides is 1. The van der Waals surface area contributed by atoms with E-state index in [4.69, 9.17) is 0 Å². The third-order valence-corrected chi connectivity index (χ3v) is 10.5. The molecule has 0 rings (SSSR count). The zero-order valence-corrected chi connectivity index (χ0v) is 33.4. The number of carbonyl (C=O) groups excluding carboxylic acids is 1. The molecule has 0 radical (unpaired) electrons. The van der Waals surface area contributed by atoms with Gasteiger partial charge in [-0.1, -0.05) is 206 Å². The second-order valence-corrected chi connectivity index (χ2v) is 15.4. The monoisotopic (exact) mass is 710 g/mol. The Morgan fingerprint density at radius 3 is 1.20 bits per heavy atom. The molecule has 6 nitrogen and oxygen atoms in total. The molecule has 1 amide bonds. The summed E-state index contributed by atoms with van der Waals surface area (Å²) in [6, 6.07) is -0.995. The maximum Gasteiger partial charge on any atom is 0.249 e. The predicted molar refractivity (Wildman–Crippen MR) is 215 cm³/mol. The van der Waals surface area contributed by atoms with Gasteiger partial charge in [0.05, 0.1) is 18.8 Å². The maximum absolute atomic E-state index is 12.4. The molecular weight excluding hydrogens is 622 g/mol. The molecule has 0 aliphatic rings. The normalized spacial score (nSPS) is 14.3. The fourth-order valence-electron chi connectivity index (χ4n) is 6.93. The minimum Gasteiger partial charge on any atom is -0.394 e. The zero-order chi connectivity index (χ0) is 36.8. The molecule has 298 valence electrons. The van der Waals surface area contributed by atoms with E-state index in [0.29, 0.717) is 12.8 Å². The maximum atomic E-state index is 12.4. The van der Waals surface area contributed by atoms with Gasteiger partial charge in [-0.05, 0) is 38.5 Å². The highest BCUT2D eigenvalue weighted by Crippen LogP contribution is 2.17. The van der Waals surface area contributed by atoms with Crippen LogP contribution in [0.15, 0.2) is 12.2 Å². The van der Waals surface area contributed by atoms with Crippen LogP contribution in [0.1, 0.15) is 232 Å². The number of carbonyl (C=O) groups is 1. The molecule has 0 aromatic carbocycles. The molecule has 0 aliphatic heterocycles. The van der Waals surface area contributed by atoms with Crippen molar-refractivity contribution in [3.05, 3.63) is 12.2 Å². The fraction of sp³-hybridized carbons (Fsp3) is 0.932. The molecule has 0 aromatic heterocycles. The Kier molecular flexibility index (Phi) is 38.5. The lowest BCUT2D eigenvalue weighted by molar-refractivity contribution is -0.132. The summed E-state index contributed by atoms with van der Waals surface area (Å²) in [7, 11) is 0. The molecule has 4 atom stereocenters. The van der Waals surface area contributed by atoms with Crippen LogP contribution in [0.5, 0.6) is 0 Å². The van der Waals surface area contributed by atoms with Crippen molar-refractivity contribution >= 4 is 5.91 Å². The molecule has 0 aromatic rings. The lowest BCUT2D eigenvalue weighted by atomic mass is 10.00. The Balaban J connectivity index is 3.57. The Morgan fingerprint density at radius 2 is 0.820 bits per heavy atom. The number of hydrogen-bond acceptors (Lipinski definition) is 5. The topological polar surface area (TPSA) is 110 Å². The standard InChI is InChI=1S/C44H87NO5/c1-3-5-7-9-11-13-14-15-16-17-18-19-20-21-22-23-24-25-26-27-28-29-30-32-34-36-38-42(48)44(50)45-40(39-46)43(49)41(47)37-35-33-31-12-10-8-6-4-2/h12,31,40-43,46-49H,3-11,13-30,32-39H2,1-2H3,(H,45,50)/b31-12+. The van der Waals surface area contributed by atoms with E-state index in [9.17, 15) is 25.2 Å². The fourth-order valence-corrected chi connectivity index (χ4v) is 6.93. The van der Waals surface area contributed by atoms with Crippen LogP contribution in [0, 0.1) is 0 Å². The van der Waals surface area contributed by atoms with Gasteiger partial charge in [-0.3, -0.25) is 4.79 Å². The summed E-state index contributed by atoms with van der Waals surface area (Å²) in [4.78, 5) is 12.4. The third kappa shape index (κ3) is 32.9. The van der Waals surface area contributed by atoms with Crippen LogP contribution >= 0.6 is 0 Å². The van der Waals surface area contributed by atoms with Crippen molar-refractivity contribution in [2.45, 2.75) is 257 Å². The van der Waals surface area contributed by atoms with Gasteiger partial charge in [0.25, 0.3) is 0 Å². The summed E-state index contributed by atoms with van der Waals surface area (Å²) >= 11 is 0. The number of aliphatic hydroxyl groups excluding tert-OH is 4. The van der Waals surface area contributed by atoms with Crippen LogP contribution in [0.4, 0.5) is 0 Å². The van der Waals surface area contributed by atoms with E-state index in [1.54, 1.807) is 0 Å². The smallest absolute Gasteiger partial charge is 0.249 e. The van der Waals surface area contributed by atoms with Gasteiger partial charge >= 0.3 is 0 Å². The first-order chi connectivity index (χ1) is 24.5. The molecule has 0 saturated carbocycles. The van der Waals surface area contributed by atoms with Crippen molar-refractivity contribution in [3.63, 3.8) is 0 Å². The molecule has 50 heavy (non-hydrogen) atoms. The molecular formula is C44H87NO5. The van der Waals surface area contributed by atoms with Gasteiger partial charge < -0.3 is 25.7 Å². The lowest BCUT2D eigenvalue weighted by Gasteiger charge is -2.27. The number of rotatable bonds is 40. The van der Waals surface area contributed by atoms with Crippen LogP contribution in [0.25, 0.3) is 0 Å². The predicted octanol–water partition coefficient (Wildman–Crippen LogP) is 11.4. The second-order valence-electron chi connectivity index (χ2n) is 15.4. The van der Waals surface area contributed by atoms with Gasteiger partial charge in [-0.2, -0.15) is 0 Å². The number of aliphatic hydroxyl groups is 4. The highest BCUT2D eigenvalue weighted by Gasteiger charge is 2.28. The Morgan fingerprint density at radius 1 is 0.480 bits per heavy atom.